The van der Waals surface area contributed by atoms with Crippen molar-refractivity contribution < 1.29 is 33.5 Å². The molecule has 9 heteroatoms. The lowest BCUT2D eigenvalue weighted by Crippen LogP contribution is -2.13. The summed E-state index contributed by atoms with van der Waals surface area (Å²) >= 11 is 0. The van der Waals surface area contributed by atoms with Gasteiger partial charge in [0.25, 0.3) is 0 Å². The van der Waals surface area contributed by atoms with Gasteiger partial charge in [-0.3, -0.25) is 10.1 Å². The second-order valence-corrected chi connectivity index (χ2v) is 11.9. The molecular formula is C39H49NO8. The van der Waals surface area contributed by atoms with Crippen LogP contribution in [0.5, 0.6) is 17.2 Å². The molecule has 3 aromatic rings. The Labute approximate surface area is 284 Å². The van der Waals surface area contributed by atoms with Crippen LogP contribution >= 0.6 is 0 Å². The maximum absolute atomic E-state index is 12.8. The number of benzene rings is 3. The molecule has 0 aliphatic rings. The molecule has 1 atom stereocenters. The van der Waals surface area contributed by atoms with E-state index < -0.39 is 10.9 Å². The van der Waals surface area contributed by atoms with Crippen LogP contribution in [0.4, 0.5) is 5.69 Å². The fraction of sp³-hybridized carbons (Fsp3) is 0.436. The third-order valence-corrected chi connectivity index (χ3v) is 7.91. The second-order valence-electron chi connectivity index (χ2n) is 11.9. The molecule has 258 valence electrons. The van der Waals surface area contributed by atoms with Gasteiger partial charge in [0.2, 0.25) is 0 Å². The molecule has 0 aliphatic heterocycles. The van der Waals surface area contributed by atoms with Gasteiger partial charge in [0.15, 0.2) is 5.75 Å². The van der Waals surface area contributed by atoms with Crippen molar-refractivity contribution in [2.75, 3.05) is 13.2 Å². The van der Waals surface area contributed by atoms with Crippen LogP contribution < -0.4 is 14.2 Å². The van der Waals surface area contributed by atoms with E-state index in [2.05, 4.69) is 13.5 Å². The highest BCUT2D eigenvalue weighted by atomic mass is 16.6. The summed E-state index contributed by atoms with van der Waals surface area (Å²) < 4.78 is 22.1. The van der Waals surface area contributed by atoms with Crippen LogP contribution in [0, 0.1) is 10.1 Å². The van der Waals surface area contributed by atoms with Gasteiger partial charge < -0.3 is 18.9 Å². The van der Waals surface area contributed by atoms with Crippen LogP contribution in [-0.4, -0.2) is 36.2 Å². The van der Waals surface area contributed by atoms with Gasteiger partial charge in [0.05, 0.1) is 35.9 Å². The van der Waals surface area contributed by atoms with E-state index in [0.29, 0.717) is 18.8 Å². The molecular weight excluding hydrogens is 610 g/mol. The van der Waals surface area contributed by atoms with Crippen molar-refractivity contribution in [3.05, 3.63) is 95.1 Å². The highest BCUT2D eigenvalue weighted by Gasteiger charge is 2.20. The standard InChI is InChI=1S/C39H49NO8/c1-4-6-16-30(3)47-37-26-25-35(29-36(37)40(43)44)48-39(42)33-19-17-31(18-20-33)32-21-23-34(24-22-32)45-27-14-12-10-8-7-9-11-13-15-28-46-38(41)5-2/h5,17-26,29-30H,2,4,6-16,27-28H2,1,3H3/t30-/m1/s1. The Bertz CT molecular complexity index is 1440. The van der Waals surface area contributed by atoms with Gasteiger partial charge in [-0.2, -0.15) is 0 Å². The summed E-state index contributed by atoms with van der Waals surface area (Å²) in [5, 5.41) is 11.7. The van der Waals surface area contributed by atoms with E-state index in [9.17, 15) is 19.7 Å². The van der Waals surface area contributed by atoms with E-state index in [1.165, 1.54) is 56.4 Å². The number of rotatable bonds is 23. The Balaban J connectivity index is 1.36. The number of esters is 2. The maximum Gasteiger partial charge on any atom is 0.343 e. The van der Waals surface area contributed by atoms with Crippen molar-refractivity contribution in [2.45, 2.75) is 97.0 Å². The molecule has 3 rings (SSSR count). The van der Waals surface area contributed by atoms with E-state index in [-0.39, 0.29) is 29.3 Å². The van der Waals surface area contributed by atoms with E-state index in [1.807, 2.05) is 43.3 Å². The Morgan fingerprint density at radius 3 is 1.94 bits per heavy atom. The molecule has 0 unspecified atom stereocenters. The Hall–Kier alpha value is -4.66. The predicted octanol–water partition coefficient (Wildman–Crippen LogP) is 10.1. The summed E-state index contributed by atoms with van der Waals surface area (Å²) in [5.74, 6) is 0.0948. The van der Waals surface area contributed by atoms with Gasteiger partial charge in [-0.25, -0.2) is 9.59 Å². The lowest BCUT2D eigenvalue weighted by molar-refractivity contribution is -0.386. The zero-order valence-corrected chi connectivity index (χ0v) is 28.3. The minimum atomic E-state index is -0.606. The number of nitro benzene ring substituents is 1. The third-order valence-electron chi connectivity index (χ3n) is 7.91. The Kier molecular flexibility index (Phi) is 16.7. The fourth-order valence-corrected chi connectivity index (χ4v) is 5.14. The number of nitro groups is 1. The molecule has 0 bridgehead atoms. The number of unbranched alkanes of at least 4 members (excludes halogenated alkanes) is 9. The van der Waals surface area contributed by atoms with Gasteiger partial charge in [-0.1, -0.05) is 95.6 Å². The van der Waals surface area contributed by atoms with Gasteiger partial charge in [0.1, 0.15) is 11.5 Å². The molecule has 0 heterocycles. The molecule has 0 aliphatic carbocycles. The van der Waals surface area contributed by atoms with Crippen LogP contribution in [0.2, 0.25) is 0 Å². The average molecular weight is 660 g/mol. The van der Waals surface area contributed by atoms with Crippen LogP contribution in [0.1, 0.15) is 101 Å². The van der Waals surface area contributed by atoms with Gasteiger partial charge >= 0.3 is 17.6 Å². The van der Waals surface area contributed by atoms with E-state index >= 15 is 0 Å². The first-order valence-corrected chi connectivity index (χ1v) is 17.1. The van der Waals surface area contributed by atoms with Crippen LogP contribution in [0.25, 0.3) is 11.1 Å². The van der Waals surface area contributed by atoms with Crippen molar-refractivity contribution in [3.8, 4) is 28.4 Å². The predicted molar refractivity (Wildman–Crippen MR) is 188 cm³/mol. The Morgan fingerprint density at radius 1 is 0.792 bits per heavy atom. The number of hydrogen-bond acceptors (Lipinski definition) is 8. The maximum atomic E-state index is 12.8. The average Bonchev–Trinajstić information content (AvgIpc) is 3.10. The van der Waals surface area contributed by atoms with E-state index in [4.69, 9.17) is 18.9 Å². The summed E-state index contributed by atoms with van der Waals surface area (Å²) in [7, 11) is 0. The molecule has 0 fully saturated rings. The molecule has 0 spiro atoms. The molecule has 48 heavy (non-hydrogen) atoms. The largest absolute Gasteiger partial charge is 0.494 e. The number of ether oxygens (including phenoxy) is 4. The molecule has 0 saturated heterocycles. The summed E-state index contributed by atoms with van der Waals surface area (Å²) in [6, 6.07) is 19.1. The normalized spacial score (nSPS) is 11.4. The van der Waals surface area contributed by atoms with Gasteiger partial charge in [-0.15, -0.1) is 0 Å². The van der Waals surface area contributed by atoms with Crippen molar-refractivity contribution in [1.82, 2.24) is 0 Å². The van der Waals surface area contributed by atoms with Crippen molar-refractivity contribution >= 4 is 17.6 Å². The van der Waals surface area contributed by atoms with Crippen molar-refractivity contribution in [1.29, 1.82) is 0 Å². The number of nitrogens with zero attached hydrogens (tertiary/aromatic N) is 1. The van der Waals surface area contributed by atoms with Gasteiger partial charge in [-0.05, 0) is 73.7 Å². The summed E-state index contributed by atoms with van der Waals surface area (Å²) in [6.45, 7) is 8.50. The number of carbonyl (C=O) groups excluding carboxylic acids is 2. The SMILES string of the molecule is C=CC(=O)OCCCCCCCCCCCOc1ccc(-c2ccc(C(=O)Oc3ccc(O[C@H](C)CCCC)c([N+](=O)[O-])c3)cc2)cc1. The van der Waals surface area contributed by atoms with Crippen molar-refractivity contribution in [2.24, 2.45) is 0 Å². The molecule has 3 aromatic carbocycles. The number of hydrogen-bond donors (Lipinski definition) is 0. The first-order valence-electron chi connectivity index (χ1n) is 17.1. The summed E-state index contributed by atoms with van der Waals surface area (Å²) in [5.41, 5.74) is 2.01. The smallest absolute Gasteiger partial charge is 0.343 e. The molecule has 0 amide bonds. The molecule has 0 N–H and O–H groups in total. The van der Waals surface area contributed by atoms with Crippen LogP contribution in [-0.2, 0) is 9.53 Å². The lowest BCUT2D eigenvalue weighted by atomic mass is 10.0. The zero-order valence-electron chi connectivity index (χ0n) is 28.3. The first-order chi connectivity index (χ1) is 23.3. The van der Waals surface area contributed by atoms with E-state index in [1.54, 1.807) is 12.1 Å². The van der Waals surface area contributed by atoms with Gasteiger partial charge in [0, 0.05) is 6.08 Å². The van der Waals surface area contributed by atoms with Crippen LogP contribution in [0.3, 0.4) is 0 Å². The first kappa shape index (κ1) is 37.8. The van der Waals surface area contributed by atoms with Crippen molar-refractivity contribution in [3.63, 3.8) is 0 Å². The molecule has 0 saturated carbocycles. The summed E-state index contributed by atoms with van der Waals surface area (Å²) in [6.07, 6.45) is 14.0. The second kappa shape index (κ2) is 21.3. The third kappa shape index (κ3) is 13.6. The molecule has 9 nitrogen and oxygen atoms in total. The van der Waals surface area contributed by atoms with Crippen LogP contribution in [0.15, 0.2) is 79.4 Å². The minimum absolute atomic E-state index is 0.0777. The quantitative estimate of drug-likeness (QED) is 0.0247. The highest BCUT2D eigenvalue weighted by Crippen LogP contribution is 2.33. The molecule has 0 aromatic heterocycles. The monoisotopic (exact) mass is 659 g/mol. The number of carbonyl (C=O) groups is 2. The minimum Gasteiger partial charge on any atom is -0.494 e. The van der Waals surface area contributed by atoms with E-state index in [0.717, 1.165) is 61.8 Å². The lowest BCUT2D eigenvalue weighted by Gasteiger charge is -2.14. The summed E-state index contributed by atoms with van der Waals surface area (Å²) in [4.78, 5) is 34.9. The topological polar surface area (TPSA) is 114 Å². The fourth-order valence-electron chi connectivity index (χ4n) is 5.14. The zero-order chi connectivity index (χ0) is 34.6. The Morgan fingerprint density at radius 2 is 1.35 bits per heavy atom. The highest BCUT2D eigenvalue weighted by molar-refractivity contribution is 5.91. The molecule has 0 radical (unpaired) electrons.